The Morgan fingerprint density at radius 3 is 2.17 bits per heavy atom. The van der Waals surface area contributed by atoms with E-state index in [1.165, 1.54) is 7.11 Å². The van der Waals surface area contributed by atoms with Crippen LogP contribution in [-0.2, 0) is 27.7 Å². The average Bonchev–Trinajstić information content (AvgIpc) is 3.47. The predicted molar refractivity (Wildman–Crippen MR) is 168 cm³/mol. The highest BCUT2D eigenvalue weighted by Crippen LogP contribution is 2.37. The smallest absolute Gasteiger partial charge is 0.338 e. The number of carbonyl (C=O) groups is 1. The van der Waals surface area contributed by atoms with Crippen LogP contribution in [0.3, 0.4) is 0 Å². The first-order valence-corrected chi connectivity index (χ1v) is 15.6. The highest BCUT2D eigenvalue weighted by atomic mass is 35.5. The maximum atomic E-state index is 13.0. The van der Waals surface area contributed by atoms with Crippen molar-refractivity contribution in [3.63, 3.8) is 0 Å². The summed E-state index contributed by atoms with van der Waals surface area (Å²) in [6, 6.07) is 24.3. The van der Waals surface area contributed by atoms with E-state index in [0.717, 1.165) is 45.2 Å². The number of methoxy groups -OCH3 is 1. The Morgan fingerprint density at radius 2 is 1.57 bits per heavy atom. The summed E-state index contributed by atoms with van der Waals surface area (Å²) < 4.78 is 32.6. The molecule has 7 nitrogen and oxygen atoms in total. The number of nitrogens with one attached hydrogen (secondary N) is 1. The van der Waals surface area contributed by atoms with Gasteiger partial charge in [0, 0.05) is 40.2 Å². The van der Waals surface area contributed by atoms with Gasteiger partial charge in [0.1, 0.15) is 0 Å². The maximum Gasteiger partial charge on any atom is 0.338 e. The zero-order valence-electron chi connectivity index (χ0n) is 22.8. The van der Waals surface area contributed by atoms with Crippen LogP contribution < -0.4 is 4.72 Å². The predicted octanol–water partition coefficient (Wildman–Crippen LogP) is 7.32. The van der Waals surface area contributed by atoms with Crippen LogP contribution >= 0.6 is 23.2 Å². The number of halogens is 2. The minimum atomic E-state index is -3.35. The van der Waals surface area contributed by atoms with Crippen molar-refractivity contribution in [2.75, 3.05) is 18.1 Å². The molecular weight excluding hydrogens is 593 g/mol. The molecule has 0 aliphatic rings. The number of hydrogen-bond donors (Lipinski definition) is 1. The van der Waals surface area contributed by atoms with E-state index in [1.54, 1.807) is 42.9 Å². The number of ether oxygens (including phenoxy) is 1. The van der Waals surface area contributed by atoms with Crippen molar-refractivity contribution in [3.05, 3.63) is 130 Å². The molecule has 0 unspecified atom stereocenters. The molecule has 4 aromatic carbocycles. The van der Waals surface area contributed by atoms with Crippen LogP contribution in [0.25, 0.3) is 22.3 Å². The molecule has 0 atom stereocenters. The monoisotopic (exact) mass is 619 g/mol. The van der Waals surface area contributed by atoms with Gasteiger partial charge in [-0.1, -0.05) is 71.7 Å². The van der Waals surface area contributed by atoms with Crippen molar-refractivity contribution in [1.29, 1.82) is 0 Å². The number of aromatic nitrogens is 2. The van der Waals surface area contributed by atoms with E-state index >= 15 is 0 Å². The first kappa shape index (κ1) is 29.4. The lowest BCUT2D eigenvalue weighted by Gasteiger charge is -2.20. The van der Waals surface area contributed by atoms with E-state index in [-0.39, 0.29) is 0 Å². The highest BCUT2D eigenvalue weighted by molar-refractivity contribution is 7.92. The number of hydrogen-bond acceptors (Lipinski definition) is 5. The van der Waals surface area contributed by atoms with Crippen molar-refractivity contribution in [3.8, 4) is 22.3 Å². The number of carbonyl (C=O) groups excluding carboxylic acids is 1. The summed E-state index contributed by atoms with van der Waals surface area (Å²) in [7, 11) is -1.98. The Bertz CT molecular complexity index is 1840. The van der Waals surface area contributed by atoms with Gasteiger partial charge in [-0.05, 0) is 70.1 Å². The third-order valence-electron chi connectivity index (χ3n) is 6.81. The molecule has 214 valence electrons. The Balaban J connectivity index is 1.55. The minimum absolute atomic E-state index is 0.426. The van der Waals surface area contributed by atoms with E-state index in [1.807, 2.05) is 59.3 Å². The molecular formula is C32H27Cl2N3O4S. The van der Waals surface area contributed by atoms with E-state index in [2.05, 4.69) is 9.71 Å². The van der Waals surface area contributed by atoms with Crippen molar-refractivity contribution >= 4 is 44.9 Å². The van der Waals surface area contributed by atoms with Crippen molar-refractivity contribution < 1.29 is 17.9 Å². The molecule has 5 rings (SSSR count). The summed E-state index contributed by atoms with van der Waals surface area (Å²) in [5, 5.41) is 1.04. The van der Waals surface area contributed by atoms with Crippen LogP contribution in [-0.4, -0.2) is 37.3 Å². The lowest BCUT2D eigenvalue weighted by atomic mass is 9.88. The third kappa shape index (κ3) is 6.85. The summed E-state index contributed by atoms with van der Waals surface area (Å²) in [6.45, 7) is 0.459. The van der Waals surface area contributed by atoms with Gasteiger partial charge in [0.15, 0.2) is 0 Å². The average molecular weight is 621 g/mol. The molecule has 0 aliphatic heterocycles. The zero-order chi connectivity index (χ0) is 29.9. The summed E-state index contributed by atoms with van der Waals surface area (Å²) in [6.07, 6.45) is 6.89. The first-order chi connectivity index (χ1) is 20.1. The van der Waals surface area contributed by atoms with Crippen LogP contribution in [0.1, 0.15) is 27.0 Å². The number of anilines is 1. The van der Waals surface area contributed by atoms with E-state index in [9.17, 15) is 13.2 Å². The van der Waals surface area contributed by atoms with Gasteiger partial charge in [-0.2, -0.15) is 0 Å². The van der Waals surface area contributed by atoms with Gasteiger partial charge in [-0.25, -0.2) is 18.2 Å². The fraction of sp³-hybridized carbons (Fsp3) is 0.125. The van der Waals surface area contributed by atoms with Crippen LogP contribution in [0.5, 0.6) is 0 Å². The summed E-state index contributed by atoms with van der Waals surface area (Å²) in [5.41, 5.74) is 7.30. The molecule has 0 saturated heterocycles. The van der Waals surface area contributed by atoms with E-state index < -0.39 is 16.0 Å². The van der Waals surface area contributed by atoms with Crippen LogP contribution in [0.2, 0.25) is 10.0 Å². The number of rotatable bonds is 9. The largest absolute Gasteiger partial charge is 0.465 e. The van der Waals surface area contributed by atoms with Gasteiger partial charge in [0.25, 0.3) is 0 Å². The van der Waals surface area contributed by atoms with Crippen molar-refractivity contribution in [2.45, 2.75) is 13.0 Å². The second-order valence-corrected chi connectivity index (χ2v) is 12.4. The Labute approximate surface area is 254 Å². The van der Waals surface area contributed by atoms with Gasteiger partial charge in [-0.3, -0.25) is 4.72 Å². The van der Waals surface area contributed by atoms with Crippen LogP contribution in [0, 0.1) is 0 Å². The molecule has 0 radical (unpaired) electrons. The van der Waals surface area contributed by atoms with Gasteiger partial charge >= 0.3 is 5.97 Å². The molecule has 42 heavy (non-hydrogen) atoms. The van der Waals surface area contributed by atoms with Crippen LogP contribution in [0.4, 0.5) is 5.69 Å². The number of nitrogens with zero attached hydrogens (tertiary/aromatic N) is 2. The van der Waals surface area contributed by atoms with E-state index in [4.69, 9.17) is 27.9 Å². The fourth-order valence-corrected chi connectivity index (χ4v) is 5.94. The van der Waals surface area contributed by atoms with Gasteiger partial charge in [-0.15, -0.1) is 0 Å². The highest BCUT2D eigenvalue weighted by Gasteiger charge is 2.21. The van der Waals surface area contributed by atoms with Crippen LogP contribution in [0.15, 0.2) is 97.6 Å². The molecule has 1 N–H and O–H groups in total. The quantitative estimate of drug-likeness (QED) is 0.175. The van der Waals surface area contributed by atoms with Crippen molar-refractivity contribution in [1.82, 2.24) is 9.55 Å². The topological polar surface area (TPSA) is 90.3 Å². The molecule has 0 amide bonds. The summed E-state index contributed by atoms with van der Waals surface area (Å²) in [5.74, 6) is -0.426. The SMILES string of the molecule is COC(=O)c1ccc(-c2ccc(Cl)cc2Cl)c(Cn2ccnc2)c1Cc1ccc(-c2ccc(NS(C)(=O)=O)cc2)cc1. The Hall–Kier alpha value is -4.11. The first-order valence-electron chi connectivity index (χ1n) is 12.9. The Morgan fingerprint density at radius 1 is 0.905 bits per heavy atom. The minimum Gasteiger partial charge on any atom is -0.465 e. The van der Waals surface area contributed by atoms with E-state index in [0.29, 0.717) is 34.3 Å². The summed E-state index contributed by atoms with van der Waals surface area (Å²) >= 11 is 12.8. The standard InChI is InChI=1S/C32H27Cl2N3O4S/c1-41-32(38)28-14-13-26(27-12-9-24(33)18-31(27)34)30(19-37-16-15-35-20-37)29(28)17-21-3-5-22(6-4-21)23-7-10-25(11-8-23)36-42(2,39)40/h3-16,18,20,36H,17,19H2,1-2H3. The molecule has 1 aromatic heterocycles. The molecule has 1 heterocycles. The molecule has 0 saturated carbocycles. The third-order valence-corrected chi connectivity index (χ3v) is 7.97. The molecule has 0 fully saturated rings. The summed E-state index contributed by atoms with van der Waals surface area (Å²) in [4.78, 5) is 17.2. The molecule has 10 heteroatoms. The van der Waals surface area contributed by atoms with Gasteiger partial charge in [0.05, 0.1) is 25.3 Å². The second-order valence-electron chi connectivity index (χ2n) is 9.79. The van der Waals surface area contributed by atoms with Gasteiger partial charge in [0.2, 0.25) is 10.0 Å². The molecule has 0 aliphatic carbocycles. The lowest BCUT2D eigenvalue weighted by Crippen LogP contribution is -2.12. The van der Waals surface area contributed by atoms with Gasteiger partial charge < -0.3 is 9.30 Å². The molecule has 5 aromatic rings. The molecule has 0 spiro atoms. The van der Waals surface area contributed by atoms with Crippen molar-refractivity contribution in [2.24, 2.45) is 0 Å². The lowest BCUT2D eigenvalue weighted by molar-refractivity contribution is 0.0599. The molecule has 0 bridgehead atoms. The second kappa shape index (κ2) is 12.4. The number of imidazole rings is 1. The zero-order valence-corrected chi connectivity index (χ0v) is 25.2. The normalized spacial score (nSPS) is 11.3. The Kier molecular flexibility index (Phi) is 8.68. The number of esters is 1. The maximum absolute atomic E-state index is 13.0. The number of sulfonamides is 1. The fourth-order valence-electron chi connectivity index (χ4n) is 4.86. The number of benzene rings is 4.